The monoisotopic (exact) mass is 446 g/mol. The summed E-state index contributed by atoms with van der Waals surface area (Å²) in [6, 6.07) is 1.38. The van der Waals surface area contributed by atoms with Gasteiger partial charge >= 0.3 is 0 Å². The van der Waals surface area contributed by atoms with Crippen molar-refractivity contribution >= 4 is 37.1 Å². The molecule has 0 spiro atoms. The van der Waals surface area contributed by atoms with Gasteiger partial charge in [0, 0.05) is 11.4 Å². The largest absolute Gasteiger partial charge is 0.507 e. The Morgan fingerprint density at radius 3 is 2.52 bits per heavy atom. The summed E-state index contributed by atoms with van der Waals surface area (Å²) in [6.45, 7) is 10.4. The molecule has 0 saturated heterocycles. The molecular weight excluding hydrogens is 418 g/mol. The van der Waals surface area contributed by atoms with Crippen molar-refractivity contribution in [2.45, 2.75) is 52.9 Å². The van der Waals surface area contributed by atoms with Gasteiger partial charge in [0.1, 0.15) is 11.5 Å². The van der Waals surface area contributed by atoms with Crippen LogP contribution in [0.1, 0.15) is 52.0 Å². The molecule has 0 aliphatic heterocycles. The van der Waals surface area contributed by atoms with Crippen LogP contribution < -0.4 is 5.30 Å². The zero-order valence-corrected chi connectivity index (χ0v) is 17.6. The molecule has 0 fully saturated rings. The molecule has 0 radical (unpaired) electrons. The standard InChI is InChI=1S/C10H16.C9H12IO2P/c1-8(2)10-6-4-9(3)5-7-10;1-2-3-5-8(10)6(11)4-7(12)9(5)13/h4,10H,1,5-7H2,2-3H3;4,11-12H,2-3,13H2,1H3. The van der Waals surface area contributed by atoms with Crippen molar-refractivity contribution < 1.29 is 10.2 Å². The number of hydrogen-bond acceptors (Lipinski definition) is 2. The van der Waals surface area contributed by atoms with E-state index in [4.69, 9.17) is 0 Å². The first-order valence-electron chi connectivity index (χ1n) is 8.07. The van der Waals surface area contributed by atoms with E-state index in [1.165, 1.54) is 30.9 Å². The Morgan fingerprint density at radius 1 is 1.39 bits per heavy atom. The van der Waals surface area contributed by atoms with E-state index in [0.717, 1.165) is 33.2 Å². The highest BCUT2D eigenvalue weighted by atomic mass is 127. The highest BCUT2D eigenvalue weighted by Gasteiger charge is 2.12. The molecule has 4 heteroatoms. The Morgan fingerprint density at radius 2 is 2.04 bits per heavy atom. The minimum absolute atomic E-state index is 0.145. The molecule has 0 aromatic heterocycles. The molecular formula is C19H28IO2P. The number of phenolic OH excluding ortho intramolecular Hbond substituents is 2. The van der Waals surface area contributed by atoms with Gasteiger partial charge in [0.15, 0.2) is 0 Å². The Kier molecular flexibility index (Phi) is 8.63. The summed E-state index contributed by atoms with van der Waals surface area (Å²) >= 11 is 2.10. The minimum atomic E-state index is 0.145. The van der Waals surface area contributed by atoms with Crippen LogP contribution in [-0.2, 0) is 6.42 Å². The van der Waals surface area contributed by atoms with Gasteiger partial charge in [-0.1, -0.05) is 37.1 Å². The van der Waals surface area contributed by atoms with Gasteiger partial charge < -0.3 is 10.2 Å². The molecule has 2 rings (SSSR count). The summed E-state index contributed by atoms with van der Waals surface area (Å²) in [5.41, 5.74) is 3.92. The van der Waals surface area contributed by atoms with E-state index in [2.05, 4.69) is 65.3 Å². The third-order valence-corrected chi connectivity index (χ3v) is 6.05. The van der Waals surface area contributed by atoms with Crippen molar-refractivity contribution in [3.8, 4) is 11.5 Å². The predicted molar refractivity (Wildman–Crippen MR) is 112 cm³/mol. The second-order valence-electron chi connectivity index (χ2n) is 6.24. The summed E-state index contributed by atoms with van der Waals surface area (Å²) in [6.07, 6.45) is 8.04. The maximum Gasteiger partial charge on any atom is 0.132 e. The fourth-order valence-corrected chi connectivity index (χ4v) is 3.99. The average molecular weight is 446 g/mol. The van der Waals surface area contributed by atoms with E-state index >= 15 is 0 Å². The van der Waals surface area contributed by atoms with Crippen LogP contribution in [0.15, 0.2) is 29.9 Å². The van der Waals surface area contributed by atoms with Crippen molar-refractivity contribution in [1.29, 1.82) is 0 Å². The van der Waals surface area contributed by atoms with Gasteiger partial charge in [-0.25, -0.2) is 0 Å². The topological polar surface area (TPSA) is 40.5 Å². The molecule has 128 valence electrons. The van der Waals surface area contributed by atoms with Crippen molar-refractivity contribution in [2.75, 3.05) is 0 Å². The Labute approximate surface area is 156 Å². The zero-order valence-electron chi connectivity index (χ0n) is 14.3. The molecule has 1 aromatic rings. The molecule has 0 heterocycles. The van der Waals surface area contributed by atoms with E-state index in [-0.39, 0.29) is 11.5 Å². The first-order valence-corrected chi connectivity index (χ1v) is 9.73. The SMILES string of the molecule is C=C(C)C1CC=C(C)CC1.CCCc1c(P)c(O)cc(O)c1I. The van der Waals surface area contributed by atoms with Crippen molar-refractivity contribution in [3.63, 3.8) is 0 Å². The summed E-state index contributed by atoms with van der Waals surface area (Å²) in [5, 5.41) is 19.7. The molecule has 0 bridgehead atoms. The lowest BCUT2D eigenvalue weighted by Gasteiger charge is -2.19. The first kappa shape index (κ1) is 20.5. The molecule has 1 aliphatic carbocycles. The maximum atomic E-state index is 9.46. The van der Waals surface area contributed by atoms with Crippen LogP contribution in [-0.4, -0.2) is 10.2 Å². The van der Waals surface area contributed by atoms with Crippen LogP contribution in [0.2, 0.25) is 0 Å². The van der Waals surface area contributed by atoms with Gasteiger partial charge in [-0.15, -0.1) is 9.24 Å². The van der Waals surface area contributed by atoms with Crippen LogP contribution in [0.5, 0.6) is 11.5 Å². The van der Waals surface area contributed by atoms with Crippen molar-refractivity contribution in [1.82, 2.24) is 0 Å². The number of hydrogen-bond donors (Lipinski definition) is 2. The summed E-state index contributed by atoms with van der Waals surface area (Å²) in [7, 11) is 2.51. The predicted octanol–water partition coefficient (Wildman–Crippen LogP) is 5.46. The average Bonchev–Trinajstić information content (AvgIpc) is 2.51. The Balaban J connectivity index is 0.000000238. The summed E-state index contributed by atoms with van der Waals surface area (Å²) < 4.78 is 0.835. The van der Waals surface area contributed by atoms with Crippen LogP contribution in [0.3, 0.4) is 0 Å². The van der Waals surface area contributed by atoms with Crippen molar-refractivity contribution in [2.24, 2.45) is 5.92 Å². The van der Waals surface area contributed by atoms with Crippen LogP contribution >= 0.6 is 31.8 Å². The molecule has 1 aliphatic rings. The van der Waals surface area contributed by atoms with Crippen LogP contribution in [0.25, 0.3) is 0 Å². The molecule has 1 aromatic carbocycles. The molecule has 2 atom stereocenters. The van der Waals surface area contributed by atoms with Gasteiger partial charge in [0.2, 0.25) is 0 Å². The molecule has 2 unspecified atom stereocenters. The van der Waals surface area contributed by atoms with E-state index in [0.29, 0.717) is 0 Å². The lowest BCUT2D eigenvalue weighted by Crippen LogP contribution is -2.05. The highest BCUT2D eigenvalue weighted by Crippen LogP contribution is 2.29. The van der Waals surface area contributed by atoms with E-state index in [1.807, 2.05) is 0 Å². The van der Waals surface area contributed by atoms with Gasteiger partial charge in [-0.2, -0.15) is 0 Å². The minimum Gasteiger partial charge on any atom is -0.507 e. The molecule has 2 nitrogen and oxygen atoms in total. The number of allylic oxidation sites excluding steroid dienone is 3. The first-order chi connectivity index (χ1) is 10.8. The third kappa shape index (κ3) is 6.11. The summed E-state index contributed by atoms with van der Waals surface area (Å²) in [5.74, 6) is 1.07. The lowest BCUT2D eigenvalue weighted by molar-refractivity contribution is 0.449. The van der Waals surface area contributed by atoms with Gasteiger partial charge in [0.05, 0.1) is 3.57 Å². The molecule has 23 heavy (non-hydrogen) atoms. The molecule has 0 amide bonds. The Bertz CT molecular complexity index is 567. The van der Waals surface area contributed by atoms with Gasteiger partial charge in [0.25, 0.3) is 0 Å². The smallest absolute Gasteiger partial charge is 0.132 e. The number of rotatable bonds is 3. The fourth-order valence-electron chi connectivity index (χ4n) is 2.61. The fraction of sp³-hybridized carbons (Fsp3) is 0.474. The van der Waals surface area contributed by atoms with E-state index in [9.17, 15) is 10.2 Å². The quantitative estimate of drug-likeness (QED) is 0.368. The maximum absolute atomic E-state index is 9.46. The summed E-state index contributed by atoms with van der Waals surface area (Å²) in [4.78, 5) is 0. The van der Waals surface area contributed by atoms with E-state index < -0.39 is 0 Å². The molecule has 0 saturated carbocycles. The van der Waals surface area contributed by atoms with E-state index in [1.54, 1.807) is 5.57 Å². The number of benzene rings is 1. The normalized spacial score (nSPS) is 17.1. The highest BCUT2D eigenvalue weighted by molar-refractivity contribution is 14.1. The molecule has 2 N–H and O–H groups in total. The lowest BCUT2D eigenvalue weighted by atomic mass is 9.86. The second-order valence-corrected chi connectivity index (χ2v) is 7.90. The number of halogens is 1. The third-order valence-electron chi connectivity index (χ3n) is 4.20. The van der Waals surface area contributed by atoms with Crippen LogP contribution in [0.4, 0.5) is 0 Å². The Hall–Kier alpha value is -0.540. The van der Waals surface area contributed by atoms with Crippen LogP contribution in [0, 0.1) is 9.49 Å². The van der Waals surface area contributed by atoms with Gasteiger partial charge in [-0.05, 0) is 73.6 Å². The van der Waals surface area contributed by atoms with Gasteiger partial charge in [-0.3, -0.25) is 0 Å². The van der Waals surface area contributed by atoms with Crippen molar-refractivity contribution in [3.05, 3.63) is 39.0 Å². The number of phenols is 2. The second kappa shape index (κ2) is 9.68. The number of aromatic hydroxyl groups is 2. The zero-order chi connectivity index (χ0) is 17.6.